The zero-order valence-corrected chi connectivity index (χ0v) is 12.9. The van der Waals surface area contributed by atoms with Crippen molar-refractivity contribution in [3.05, 3.63) is 35.2 Å². The zero-order valence-electron chi connectivity index (χ0n) is 12.1. The Balaban J connectivity index is 1.88. The van der Waals surface area contributed by atoms with Gasteiger partial charge in [0.25, 0.3) is 0 Å². The largest absolute Gasteiger partial charge is 0.396 e. The Bertz CT molecular complexity index is 559. The second-order valence-corrected chi connectivity index (χ2v) is 5.48. The normalized spacial score (nSPS) is 11.2. The molecule has 2 rings (SSSR count). The van der Waals surface area contributed by atoms with E-state index in [2.05, 4.69) is 15.0 Å². The van der Waals surface area contributed by atoms with Crippen LogP contribution in [0.1, 0.15) is 25.2 Å². The van der Waals surface area contributed by atoms with Gasteiger partial charge >= 0.3 is 0 Å². The van der Waals surface area contributed by atoms with Crippen LogP contribution in [0.4, 0.5) is 0 Å². The lowest BCUT2D eigenvalue weighted by atomic mass is 10.2. The second-order valence-electron chi connectivity index (χ2n) is 5.04. The van der Waals surface area contributed by atoms with Gasteiger partial charge in [0.1, 0.15) is 0 Å². The summed E-state index contributed by atoms with van der Waals surface area (Å²) in [5.41, 5.74) is 0.850. The van der Waals surface area contributed by atoms with E-state index in [0.29, 0.717) is 23.3 Å². The van der Waals surface area contributed by atoms with Crippen LogP contribution in [0.5, 0.6) is 0 Å². The van der Waals surface area contributed by atoms with Gasteiger partial charge in [0.05, 0.1) is 6.54 Å². The van der Waals surface area contributed by atoms with Crippen LogP contribution in [-0.2, 0) is 6.54 Å². The Morgan fingerprint density at radius 2 is 2.14 bits per heavy atom. The summed E-state index contributed by atoms with van der Waals surface area (Å²) in [7, 11) is 2.02. The highest BCUT2D eigenvalue weighted by molar-refractivity contribution is 6.30. The quantitative estimate of drug-likeness (QED) is 0.760. The number of unbranched alkanes of at least 4 members (excludes halogenated alkanes) is 2. The predicted molar refractivity (Wildman–Crippen MR) is 82.0 cm³/mol. The summed E-state index contributed by atoms with van der Waals surface area (Å²) >= 11 is 5.96. The van der Waals surface area contributed by atoms with Crippen molar-refractivity contribution in [2.45, 2.75) is 25.8 Å². The third kappa shape index (κ3) is 5.12. The first-order valence-electron chi connectivity index (χ1n) is 7.07. The Labute approximate surface area is 129 Å². The molecule has 0 unspecified atom stereocenters. The highest BCUT2D eigenvalue weighted by atomic mass is 35.5. The van der Waals surface area contributed by atoms with E-state index in [1.54, 1.807) is 0 Å². The predicted octanol–water partition coefficient (Wildman–Crippen LogP) is 2.98. The van der Waals surface area contributed by atoms with Gasteiger partial charge in [0.2, 0.25) is 11.7 Å². The summed E-state index contributed by atoms with van der Waals surface area (Å²) in [6, 6.07) is 7.39. The van der Waals surface area contributed by atoms with Crippen molar-refractivity contribution in [3.8, 4) is 11.4 Å². The second kappa shape index (κ2) is 8.12. The molecule has 0 spiro atoms. The fourth-order valence-corrected chi connectivity index (χ4v) is 2.23. The van der Waals surface area contributed by atoms with Crippen LogP contribution in [-0.4, -0.2) is 40.3 Å². The third-order valence-corrected chi connectivity index (χ3v) is 3.39. The summed E-state index contributed by atoms with van der Waals surface area (Å²) in [5.74, 6) is 1.15. The van der Waals surface area contributed by atoms with Crippen molar-refractivity contribution in [2.24, 2.45) is 0 Å². The van der Waals surface area contributed by atoms with Gasteiger partial charge in [0, 0.05) is 17.2 Å². The van der Waals surface area contributed by atoms with E-state index in [0.717, 1.165) is 31.4 Å². The molecule has 2 aromatic rings. The van der Waals surface area contributed by atoms with E-state index in [-0.39, 0.29) is 6.61 Å². The molecular formula is C15H20ClN3O2. The number of nitrogens with zero attached hydrogens (tertiary/aromatic N) is 3. The first-order valence-corrected chi connectivity index (χ1v) is 7.45. The number of halogens is 1. The van der Waals surface area contributed by atoms with Crippen LogP contribution in [0.25, 0.3) is 11.4 Å². The SMILES string of the molecule is CN(CCCCCO)Cc1nc(-c2cccc(Cl)c2)no1. The lowest BCUT2D eigenvalue weighted by molar-refractivity contribution is 0.251. The summed E-state index contributed by atoms with van der Waals surface area (Å²) in [6.45, 7) is 1.82. The number of aliphatic hydroxyl groups is 1. The molecular weight excluding hydrogens is 290 g/mol. The molecule has 0 saturated carbocycles. The molecule has 5 nitrogen and oxygen atoms in total. The van der Waals surface area contributed by atoms with E-state index in [1.807, 2.05) is 31.3 Å². The molecule has 1 aromatic heterocycles. The average molecular weight is 310 g/mol. The molecule has 0 aliphatic rings. The Morgan fingerprint density at radius 1 is 1.29 bits per heavy atom. The maximum Gasteiger partial charge on any atom is 0.241 e. The van der Waals surface area contributed by atoms with Crippen molar-refractivity contribution in [3.63, 3.8) is 0 Å². The minimum atomic E-state index is 0.260. The Hall–Kier alpha value is -1.43. The molecule has 0 atom stereocenters. The number of hydrogen-bond acceptors (Lipinski definition) is 5. The van der Waals surface area contributed by atoms with Crippen molar-refractivity contribution in [1.29, 1.82) is 0 Å². The lowest BCUT2D eigenvalue weighted by Crippen LogP contribution is -2.19. The van der Waals surface area contributed by atoms with Crippen LogP contribution in [0.15, 0.2) is 28.8 Å². The first kappa shape index (κ1) is 15.9. The molecule has 0 radical (unpaired) electrons. The highest BCUT2D eigenvalue weighted by Crippen LogP contribution is 2.20. The van der Waals surface area contributed by atoms with Crippen LogP contribution in [0.2, 0.25) is 5.02 Å². The molecule has 0 aliphatic carbocycles. The van der Waals surface area contributed by atoms with Gasteiger partial charge in [-0.25, -0.2) is 0 Å². The zero-order chi connectivity index (χ0) is 15.1. The van der Waals surface area contributed by atoms with E-state index < -0.39 is 0 Å². The molecule has 0 bridgehead atoms. The van der Waals surface area contributed by atoms with E-state index in [4.69, 9.17) is 21.2 Å². The van der Waals surface area contributed by atoms with Crippen molar-refractivity contribution in [2.75, 3.05) is 20.2 Å². The lowest BCUT2D eigenvalue weighted by Gasteiger charge is -2.13. The van der Waals surface area contributed by atoms with Crippen LogP contribution in [0.3, 0.4) is 0 Å². The number of aromatic nitrogens is 2. The molecule has 114 valence electrons. The number of aliphatic hydroxyl groups excluding tert-OH is 1. The molecule has 0 fully saturated rings. The molecule has 0 aliphatic heterocycles. The van der Waals surface area contributed by atoms with Crippen LogP contribution < -0.4 is 0 Å². The van der Waals surface area contributed by atoms with Gasteiger partial charge < -0.3 is 9.63 Å². The van der Waals surface area contributed by atoms with Crippen molar-refractivity contribution >= 4 is 11.6 Å². The molecule has 1 heterocycles. The molecule has 6 heteroatoms. The van der Waals surface area contributed by atoms with Gasteiger partial charge in [-0.3, -0.25) is 4.90 Å². The standard InChI is InChI=1S/C15H20ClN3O2/c1-19(8-3-2-4-9-20)11-14-17-15(18-21-14)12-6-5-7-13(16)10-12/h5-7,10,20H,2-4,8-9,11H2,1H3. The maximum atomic E-state index is 8.74. The molecule has 1 aromatic carbocycles. The highest BCUT2D eigenvalue weighted by Gasteiger charge is 2.10. The van der Waals surface area contributed by atoms with Gasteiger partial charge in [-0.1, -0.05) is 28.9 Å². The van der Waals surface area contributed by atoms with E-state index in [1.165, 1.54) is 0 Å². The monoisotopic (exact) mass is 309 g/mol. The summed E-state index contributed by atoms with van der Waals surface area (Å²) in [6.07, 6.45) is 2.93. The van der Waals surface area contributed by atoms with Gasteiger partial charge in [0.15, 0.2) is 0 Å². The van der Waals surface area contributed by atoms with Gasteiger partial charge in [-0.2, -0.15) is 4.98 Å². The molecule has 1 N–H and O–H groups in total. The summed E-state index contributed by atoms with van der Waals surface area (Å²) < 4.78 is 5.27. The van der Waals surface area contributed by atoms with E-state index >= 15 is 0 Å². The van der Waals surface area contributed by atoms with Crippen molar-refractivity contribution < 1.29 is 9.63 Å². The summed E-state index contributed by atoms with van der Waals surface area (Å²) in [5, 5.41) is 13.4. The smallest absolute Gasteiger partial charge is 0.241 e. The third-order valence-electron chi connectivity index (χ3n) is 3.15. The topological polar surface area (TPSA) is 62.4 Å². The number of rotatable bonds is 8. The average Bonchev–Trinajstić information content (AvgIpc) is 2.92. The van der Waals surface area contributed by atoms with Gasteiger partial charge in [-0.05, 0) is 45.0 Å². The maximum absolute atomic E-state index is 8.74. The van der Waals surface area contributed by atoms with Gasteiger partial charge in [-0.15, -0.1) is 0 Å². The van der Waals surface area contributed by atoms with Crippen molar-refractivity contribution in [1.82, 2.24) is 15.0 Å². The minimum Gasteiger partial charge on any atom is -0.396 e. The number of hydrogen-bond donors (Lipinski definition) is 1. The van der Waals surface area contributed by atoms with Crippen LogP contribution >= 0.6 is 11.6 Å². The Kier molecular flexibility index (Phi) is 6.17. The van der Waals surface area contributed by atoms with E-state index in [9.17, 15) is 0 Å². The minimum absolute atomic E-state index is 0.260. The molecule has 0 amide bonds. The fourth-order valence-electron chi connectivity index (χ4n) is 2.04. The fraction of sp³-hybridized carbons (Fsp3) is 0.467. The Morgan fingerprint density at radius 3 is 2.90 bits per heavy atom. The molecule has 21 heavy (non-hydrogen) atoms. The number of benzene rings is 1. The van der Waals surface area contributed by atoms with Crippen LogP contribution in [0, 0.1) is 0 Å². The summed E-state index contributed by atoms with van der Waals surface area (Å²) in [4.78, 5) is 6.52. The first-order chi connectivity index (χ1) is 10.2. The molecule has 0 saturated heterocycles.